The van der Waals surface area contributed by atoms with Crippen molar-refractivity contribution in [1.82, 2.24) is 0 Å². The first kappa shape index (κ1) is 8.85. The Hall–Kier alpha value is -2.24. The van der Waals surface area contributed by atoms with Gasteiger partial charge in [0.05, 0.1) is 11.6 Å². The van der Waals surface area contributed by atoms with Crippen LogP contribution in [-0.4, -0.2) is 16.8 Å². The van der Waals surface area contributed by atoms with Crippen molar-refractivity contribution in [3.05, 3.63) is 40.9 Å². The Balaban J connectivity index is 3.00. The van der Waals surface area contributed by atoms with Crippen LogP contribution in [0.2, 0.25) is 0 Å². The van der Waals surface area contributed by atoms with Gasteiger partial charge in [-0.1, -0.05) is 0 Å². The van der Waals surface area contributed by atoms with Gasteiger partial charge in [-0.15, -0.1) is 0 Å². The second-order valence-electron chi connectivity index (χ2n) is 2.30. The van der Waals surface area contributed by atoms with Gasteiger partial charge in [0.15, 0.2) is 0 Å². The van der Waals surface area contributed by atoms with Crippen LogP contribution < -0.4 is 0 Å². The predicted octanol–water partition coefficient (Wildman–Crippen LogP) is 1.04. The molecule has 0 amide bonds. The van der Waals surface area contributed by atoms with Crippen LogP contribution in [0.5, 0.6) is 0 Å². The summed E-state index contributed by atoms with van der Waals surface area (Å²) >= 11 is 0. The van der Waals surface area contributed by atoms with Gasteiger partial charge in [0.25, 0.3) is 5.78 Å². The maximum absolute atomic E-state index is 11.1. The van der Waals surface area contributed by atoms with Gasteiger partial charge in [-0.25, -0.2) is 0 Å². The van der Waals surface area contributed by atoms with Crippen LogP contribution in [-0.2, 0) is 0 Å². The Morgan fingerprint density at radius 3 is 2.54 bits per heavy atom. The number of hydrogen-bond donors (Lipinski definition) is 0. The molecule has 0 saturated carbocycles. The molecular weight excluding hydrogens is 166 g/mol. The summed E-state index contributed by atoms with van der Waals surface area (Å²) in [5.41, 5.74) is 8.96. The van der Waals surface area contributed by atoms with Crippen molar-refractivity contribution in [1.29, 1.82) is 5.26 Å². The zero-order valence-electron chi connectivity index (χ0n) is 6.64. The zero-order chi connectivity index (χ0) is 9.68. The van der Waals surface area contributed by atoms with Crippen molar-refractivity contribution in [2.24, 2.45) is 0 Å². The molecule has 0 saturated heterocycles. The van der Waals surface area contributed by atoms with Crippen LogP contribution in [0.3, 0.4) is 0 Å². The smallest absolute Gasteiger partial charge is 0.328 e. The van der Waals surface area contributed by atoms with E-state index in [-0.39, 0.29) is 0 Å². The molecule has 1 aromatic rings. The fraction of sp³-hybridized carbons (Fsp3) is 0. The topological polar surface area (TPSA) is 77.3 Å². The lowest BCUT2D eigenvalue weighted by Gasteiger charge is -1.90. The second-order valence-corrected chi connectivity index (χ2v) is 2.30. The number of carbonyl (C=O) groups is 1. The molecule has 0 aliphatic rings. The van der Waals surface area contributed by atoms with Gasteiger partial charge in [0.2, 0.25) is 0 Å². The van der Waals surface area contributed by atoms with Crippen molar-refractivity contribution in [2.45, 2.75) is 0 Å². The molecular formula is C9H5N3O. The molecule has 0 atom stereocenters. The lowest BCUT2D eigenvalue weighted by atomic mass is 10.1. The van der Waals surface area contributed by atoms with E-state index in [1.807, 2.05) is 6.07 Å². The largest absolute Gasteiger partial charge is 0.361 e. The van der Waals surface area contributed by atoms with Crippen LogP contribution >= 0.6 is 0 Å². The fourth-order valence-electron chi connectivity index (χ4n) is 0.836. The Labute approximate surface area is 74.7 Å². The average molecular weight is 171 g/mol. The number of ketones is 1. The van der Waals surface area contributed by atoms with E-state index >= 15 is 0 Å². The summed E-state index contributed by atoms with van der Waals surface area (Å²) in [5.74, 6) is -0.396. The van der Waals surface area contributed by atoms with Crippen LogP contribution in [0.4, 0.5) is 0 Å². The van der Waals surface area contributed by atoms with Crippen molar-refractivity contribution < 1.29 is 9.58 Å². The summed E-state index contributed by atoms with van der Waals surface area (Å²) in [7, 11) is 0. The molecule has 0 unspecified atom stereocenters. The van der Waals surface area contributed by atoms with Gasteiger partial charge >= 0.3 is 6.21 Å². The number of Topliss-reactive ketones (excluding diaryl/α,β-unsaturated/α-hetero) is 1. The molecule has 0 aliphatic heterocycles. The number of benzene rings is 1. The van der Waals surface area contributed by atoms with Gasteiger partial charge in [-0.3, -0.25) is 4.79 Å². The van der Waals surface area contributed by atoms with E-state index < -0.39 is 5.78 Å². The summed E-state index contributed by atoms with van der Waals surface area (Å²) in [6, 6.07) is 7.99. The van der Waals surface area contributed by atoms with Gasteiger partial charge in [0.1, 0.15) is 0 Å². The maximum Gasteiger partial charge on any atom is 0.328 e. The zero-order valence-corrected chi connectivity index (χ0v) is 6.64. The van der Waals surface area contributed by atoms with Gasteiger partial charge < -0.3 is 5.53 Å². The van der Waals surface area contributed by atoms with E-state index in [2.05, 4.69) is 4.79 Å². The highest BCUT2D eigenvalue weighted by atomic mass is 16.1. The Kier molecular flexibility index (Phi) is 2.69. The summed E-state index contributed by atoms with van der Waals surface area (Å²) in [6.07, 6.45) is 0.807. The number of hydrogen-bond acceptors (Lipinski definition) is 2. The first-order valence-corrected chi connectivity index (χ1v) is 3.50. The molecule has 0 aromatic heterocycles. The van der Waals surface area contributed by atoms with Crippen molar-refractivity contribution in [2.75, 3.05) is 0 Å². The van der Waals surface area contributed by atoms with E-state index in [1.54, 1.807) is 0 Å². The van der Waals surface area contributed by atoms with E-state index in [0.29, 0.717) is 11.1 Å². The Morgan fingerprint density at radius 1 is 1.46 bits per heavy atom. The number of nitriles is 1. The normalized spacial score (nSPS) is 8.23. The molecule has 0 bridgehead atoms. The summed E-state index contributed by atoms with van der Waals surface area (Å²) in [6.45, 7) is 0. The highest BCUT2D eigenvalue weighted by molar-refractivity contribution is 6.33. The first-order chi connectivity index (χ1) is 6.27. The van der Waals surface area contributed by atoms with Crippen molar-refractivity contribution in [3.63, 3.8) is 0 Å². The third kappa shape index (κ3) is 2.09. The minimum absolute atomic E-state index is 0.386. The van der Waals surface area contributed by atoms with Gasteiger partial charge in [-0.05, 0) is 24.3 Å². The minimum Gasteiger partial charge on any atom is -0.361 e. The fourth-order valence-corrected chi connectivity index (χ4v) is 0.836. The molecule has 1 aromatic carbocycles. The monoisotopic (exact) mass is 171 g/mol. The molecule has 0 spiro atoms. The van der Waals surface area contributed by atoms with Crippen LogP contribution in [0.15, 0.2) is 24.3 Å². The van der Waals surface area contributed by atoms with E-state index in [9.17, 15) is 4.79 Å². The van der Waals surface area contributed by atoms with Gasteiger partial charge in [0, 0.05) is 5.56 Å². The molecule has 0 radical (unpaired) electrons. The van der Waals surface area contributed by atoms with Crippen molar-refractivity contribution >= 4 is 12.0 Å². The number of carbonyl (C=O) groups excluding carboxylic acids is 1. The van der Waals surface area contributed by atoms with Crippen molar-refractivity contribution in [3.8, 4) is 6.07 Å². The van der Waals surface area contributed by atoms with E-state index in [4.69, 9.17) is 10.8 Å². The standard InChI is InChI=1S/C9H5N3O/c10-5-7-1-3-8(4-2-7)9(13)6-12-11/h1-4,6H. The Bertz CT molecular complexity index is 407. The molecule has 0 heterocycles. The summed E-state index contributed by atoms with van der Waals surface area (Å²) in [4.78, 5) is 13.7. The lowest BCUT2D eigenvalue weighted by molar-refractivity contribution is 0.00235. The molecule has 0 aliphatic carbocycles. The highest BCUT2D eigenvalue weighted by Gasteiger charge is 2.05. The third-order valence-corrected chi connectivity index (χ3v) is 1.47. The average Bonchev–Trinajstić information content (AvgIpc) is 2.18. The molecule has 0 N–H and O–H groups in total. The lowest BCUT2D eigenvalue weighted by Crippen LogP contribution is -2.00. The molecule has 0 fully saturated rings. The van der Waals surface area contributed by atoms with Crippen LogP contribution in [0, 0.1) is 11.3 Å². The molecule has 13 heavy (non-hydrogen) atoms. The summed E-state index contributed by atoms with van der Waals surface area (Å²) < 4.78 is 0. The quantitative estimate of drug-likeness (QED) is 0.288. The van der Waals surface area contributed by atoms with Gasteiger partial charge in [-0.2, -0.15) is 10.1 Å². The predicted molar refractivity (Wildman–Crippen MR) is 45.2 cm³/mol. The summed E-state index contributed by atoms with van der Waals surface area (Å²) in [5, 5.41) is 8.47. The number of nitrogens with zero attached hydrogens (tertiary/aromatic N) is 3. The molecule has 62 valence electrons. The Morgan fingerprint density at radius 2 is 2.08 bits per heavy atom. The third-order valence-electron chi connectivity index (χ3n) is 1.47. The molecule has 4 nitrogen and oxygen atoms in total. The first-order valence-electron chi connectivity index (χ1n) is 3.50. The highest BCUT2D eigenvalue weighted by Crippen LogP contribution is 2.02. The maximum atomic E-state index is 11.1. The molecule has 4 heteroatoms. The van der Waals surface area contributed by atoms with Crippen LogP contribution in [0.1, 0.15) is 15.9 Å². The second kappa shape index (κ2) is 3.96. The molecule has 1 rings (SSSR count). The van der Waals surface area contributed by atoms with E-state index in [0.717, 1.165) is 6.21 Å². The van der Waals surface area contributed by atoms with E-state index in [1.165, 1.54) is 24.3 Å². The van der Waals surface area contributed by atoms with Crippen LogP contribution in [0.25, 0.3) is 5.53 Å². The minimum atomic E-state index is -0.396. The number of rotatable bonds is 2. The SMILES string of the molecule is N#Cc1ccc(C(=O)C=[N+]=[N-])cc1.